The van der Waals surface area contributed by atoms with Crippen LogP contribution in [0.15, 0.2) is 60.7 Å². The van der Waals surface area contributed by atoms with Crippen molar-refractivity contribution in [1.29, 1.82) is 0 Å². The van der Waals surface area contributed by atoms with Crippen molar-refractivity contribution >= 4 is 26.6 Å². The minimum atomic E-state index is -2.63. The number of benzene rings is 2. The van der Waals surface area contributed by atoms with Crippen LogP contribution in [0.5, 0.6) is 0 Å². The molecule has 2 rings (SSSR count). The van der Waals surface area contributed by atoms with Crippen molar-refractivity contribution in [2.24, 2.45) is 0 Å². The van der Waals surface area contributed by atoms with Crippen LogP contribution in [0.25, 0.3) is 0 Å². The third-order valence-corrected chi connectivity index (χ3v) is 6.27. The zero-order valence-electron chi connectivity index (χ0n) is 11.0. The fraction of sp³-hybridized carbons (Fsp3) is 0.143. The quantitative estimate of drug-likeness (QED) is 0.523. The summed E-state index contributed by atoms with van der Waals surface area (Å²) in [5.74, 6) is 0. The average Bonchev–Trinajstić information content (AvgIpc) is 2.41. The summed E-state index contributed by atoms with van der Waals surface area (Å²) < 4.78 is 10.9. The number of hydrogen-bond acceptors (Lipinski definition) is 2. The molecule has 5 heteroatoms. The molecule has 1 atom stereocenters. The van der Waals surface area contributed by atoms with Crippen LogP contribution in [0.4, 0.5) is 0 Å². The summed E-state index contributed by atoms with van der Waals surface area (Å²) in [5.41, 5.74) is 0. The molecule has 2 nitrogen and oxygen atoms in total. The molecule has 0 saturated heterocycles. The predicted octanol–water partition coefficient (Wildman–Crippen LogP) is -1.04. The van der Waals surface area contributed by atoms with Crippen molar-refractivity contribution in [2.45, 2.75) is 0 Å². The van der Waals surface area contributed by atoms with Crippen LogP contribution in [0, 0.1) is 0 Å². The van der Waals surface area contributed by atoms with Crippen molar-refractivity contribution < 1.29 is 39.0 Å². The Kier molecular flexibility index (Phi) is 8.18. The van der Waals surface area contributed by atoms with Gasteiger partial charge in [0, 0.05) is 8.03 Å². The SMILES string of the molecule is O=[PH]([O-])CCP(c1ccccc1)c1ccccc1.[Na+]. The second kappa shape index (κ2) is 9.08. The summed E-state index contributed by atoms with van der Waals surface area (Å²) in [6, 6.07) is 20.3. The first-order valence-corrected chi connectivity index (χ1v) is 8.90. The molecular weight excluding hydrogens is 285 g/mol. The first-order valence-electron chi connectivity index (χ1n) is 5.85. The maximum atomic E-state index is 10.9. The summed E-state index contributed by atoms with van der Waals surface area (Å²) >= 11 is 0. The molecule has 0 spiro atoms. The predicted molar refractivity (Wildman–Crippen MR) is 77.8 cm³/mol. The van der Waals surface area contributed by atoms with Gasteiger partial charge >= 0.3 is 29.6 Å². The molecule has 0 bridgehead atoms. The zero-order valence-corrected chi connectivity index (χ0v) is 14.8. The van der Waals surface area contributed by atoms with Crippen LogP contribution in [0.3, 0.4) is 0 Å². The monoisotopic (exact) mass is 300 g/mol. The average molecular weight is 300 g/mol. The van der Waals surface area contributed by atoms with Gasteiger partial charge in [-0.3, -0.25) is 0 Å². The molecule has 0 heterocycles. The topological polar surface area (TPSA) is 40.1 Å². The van der Waals surface area contributed by atoms with Gasteiger partial charge in [-0.25, -0.2) is 0 Å². The molecular formula is C14H15NaO2P2. The van der Waals surface area contributed by atoms with E-state index in [2.05, 4.69) is 24.3 Å². The number of hydrogen-bond donors (Lipinski definition) is 0. The largest absolute Gasteiger partial charge is 1.00 e. The standard InChI is InChI=1S/C14H16O2P2.Na/c15-18(16)12-11-17(13-7-3-1-4-8-13)14-9-5-2-6-10-14;/h1-10,18H,11-12H2,(H,15,16);/q;+1/p-1. The van der Waals surface area contributed by atoms with E-state index in [0.29, 0.717) is 12.3 Å². The third kappa shape index (κ3) is 5.52. The second-order valence-corrected chi connectivity index (χ2v) is 7.52. The molecule has 0 saturated carbocycles. The summed E-state index contributed by atoms with van der Waals surface area (Å²) in [5, 5.41) is 2.48. The molecule has 0 amide bonds. The molecule has 0 radical (unpaired) electrons. The van der Waals surface area contributed by atoms with E-state index in [1.54, 1.807) is 0 Å². The Balaban J connectivity index is 0.00000180. The van der Waals surface area contributed by atoms with E-state index in [1.165, 1.54) is 10.6 Å². The first kappa shape index (κ1) is 17.1. The van der Waals surface area contributed by atoms with Crippen molar-refractivity contribution in [3.8, 4) is 0 Å². The van der Waals surface area contributed by atoms with Crippen LogP contribution in [0.2, 0.25) is 0 Å². The maximum Gasteiger partial charge on any atom is 1.00 e. The Bertz CT molecular complexity index is 466. The summed E-state index contributed by atoms with van der Waals surface area (Å²) in [6.45, 7) is 0. The third-order valence-electron chi connectivity index (χ3n) is 2.68. The van der Waals surface area contributed by atoms with Crippen molar-refractivity contribution in [1.82, 2.24) is 0 Å². The van der Waals surface area contributed by atoms with Crippen LogP contribution >= 0.6 is 15.9 Å². The molecule has 0 N–H and O–H groups in total. The van der Waals surface area contributed by atoms with Crippen LogP contribution in [-0.4, -0.2) is 12.3 Å². The summed E-state index contributed by atoms with van der Waals surface area (Å²) in [7, 11) is -3.19. The van der Waals surface area contributed by atoms with Gasteiger partial charge in [0.1, 0.15) is 0 Å². The molecule has 0 aliphatic heterocycles. The Labute approximate surface area is 138 Å². The van der Waals surface area contributed by atoms with E-state index in [1.807, 2.05) is 36.4 Å². The fourth-order valence-corrected chi connectivity index (χ4v) is 5.33. The van der Waals surface area contributed by atoms with E-state index < -0.39 is 15.9 Å². The van der Waals surface area contributed by atoms with Gasteiger partial charge in [0.2, 0.25) is 0 Å². The maximum absolute atomic E-state index is 10.9. The molecule has 2 aromatic rings. The van der Waals surface area contributed by atoms with Crippen LogP contribution in [0.1, 0.15) is 0 Å². The van der Waals surface area contributed by atoms with Gasteiger partial charge in [-0.05, 0) is 30.9 Å². The molecule has 0 aromatic heterocycles. The molecule has 0 fully saturated rings. The molecule has 2 aromatic carbocycles. The fourth-order valence-electron chi connectivity index (χ4n) is 1.83. The van der Waals surface area contributed by atoms with Gasteiger partial charge in [0.05, 0.1) is 0 Å². The Morgan fingerprint density at radius 2 is 1.32 bits per heavy atom. The van der Waals surface area contributed by atoms with Gasteiger partial charge < -0.3 is 9.46 Å². The van der Waals surface area contributed by atoms with Gasteiger partial charge in [-0.15, -0.1) is 0 Å². The minimum absolute atomic E-state index is 0. The molecule has 19 heavy (non-hydrogen) atoms. The summed E-state index contributed by atoms with van der Waals surface area (Å²) in [4.78, 5) is 10.9. The van der Waals surface area contributed by atoms with Crippen LogP contribution in [-0.2, 0) is 4.57 Å². The Morgan fingerprint density at radius 1 is 0.895 bits per heavy atom. The van der Waals surface area contributed by atoms with Gasteiger partial charge in [0.25, 0.3) is 0 Å². The van der Waals surface area contributed by atoms with Crippen molar-refractivity contribution in [2.75, 3.05) is 12.3 Å². The van der Waals surface area contributed by atoms with E-state index in [4.69, 9.17) is 0 Å². The van der Waals surface area contributed by atoms with E-state index in [-0.39, 0.29) is 29.6 Å². The Hall–Kier alpha value is 0.0600. The normalized spacial score (nSPS) is 11.9. The molecule has 0 aliphatic rings. The number of rotatable bonds is 5. The first-order chi connectivity index (χ1) is 8.77. The molecule has 94 valence electrons. The van der Waals surface area contributed by atoms with E-state index in [0.717, 1.165) is 0 Å². The Morgan fingerprint density at radius 3 is 1.68 bits per heavy atom. The van der Waals surface area contributed by atoms with E-state index >= 15 is 0 Å². The molecule has 0 aliphatic carbocycles. The second-order valence-electron chi connectivity index (χ2n) is 3.94. The van der Waals surface area contributed by atoms with Gasteiger partial charge in [0.15, 0.2) is 0 Å². The smallest absolute Gasteiger partial charge is 0.802 e. The molecule has 1 unspecified atom stereocenters. The van der Waals surface area contributed by atoms with Crippen molar-refractivity contribution in [3.63, 3.8) is 0 Å². The zero-order chi connectivity index (χ0) is 12.8. The van der Waals surface area contributed by atoms with E-state index in [9.17, 15) is 9.46 Å². The van der Waals surface area contributed by atoms with Crippen molar-refractivity contribution in [3.05, 3.63) is 60.7 Å². The van der Waals surface area contributed by atoms with Gasteiger partial charge in [-0.1, -0.05) is 60.7 Å². The minimum Gasteiger partial charge on any atom is -0.802 e. The van der Waals surface area contributed by atoms with Crippen LogP contribution < -0.4 is 45.1 Å². The summed E-state index contributed by atoms with van der Waals surface area (Å²) in [6.07, 6.45) is 1.00. The van der Waals surface area contributed by atoms with Gasteiger partial charge in [-0.2, -0.15) is 0 Å².